The lowest BCUT2D eigenvalue weighted by molar-refractivity contribution is -0.155. The number of ether oxygens (including phenoxy) is 3. The van der Waals surface area contributed by atoms with E-state index in [-0.39, 0.29) is 23.7 Å². The Hall–Kier alpha value is -0.910. The van der Waals surface area contributed by atoms with Crippen molar-refractivity contribution in [2.75, 3.05) is 13.7 Å². The lowest BCUT2D eigenvalue weighted by Crippen LogP contribution is -2.50. The zero-order valence-corrected chi connectivity index (χ0v) is 13.1. The molecule has 0 aromatic carbocycles. The third kappa shape index (κ3) is 3.84. The highest BCUT2D eigenvalue weighted by Crippen LogP contribution is 2.49. The van der Waals surface area contributed by atoms with Crippen molar-refractivity contribution < 1.29 is 24.1 Å². The molecule has 0 aromatic rings. The number of rotatable bonds is 7. The molecule has 1 spiro atoms. The highest BCUT2D eigenvalue weighted by molar-refractivity contribution is 5.37. The molecule has 120 valence electrons. The number of carbonyl (C=O) groups excluding carboxylic acids is 1. The first-order valence-electron chi connectivity index (χ1n) is 7.59. The van der Waals surface area contributed by atoms with Crippen LogP contribution in [0.3, 0.4) is 0 Å². The highest BCUT2D eigenvalue weighted by Gasteiger charge is 2.59. The fourth-order valence-corrected chi connectivity index (χ4v) is 3.39. The molecule has 1 aliphatic heterocycles. The second-order valence-electron chi connectivity index (χ2n) is 6.38. The summed E-state index contributed by atoms with van der Waals surface area (Å²) >= 11 is 0. The average molecular weight is 298 g/mol. The molecule has 5 nitrogen and oxygen atoms in total. The summed E-state index contributed by atoms with van der Waals surface area (Å²) < 4.78 is 16.4. The Labute approximate surface area is 126 Å². The van der Waals surface area contributed by atoms with Crippen molar-refractivity contribution in [3.63, 3.8) is 0 Å². The van der Waals surface area contributed by atoms with E-state index in [4.69, 9.17) is 14.2 Å². The van der Waals surface area contributed by atoms with Gasteiger partial charge in [-0.15, -0.1) is 0 Å². The smallest absolute Gasteiger partial charge is 0.293 e. The zero-order valence-electron chi connectivity index (χ0n) is 13.1. The number of allylic oxidation sites excluding steroid dienone is 1. The van der Waals surface area contributed by atoms with Crippen molar-refractivity contribution in [3.05, 3.63) is 11.6 Å². The van der Waals surface area contributed by atoms with Crippen LogP contribution in [0.2, 0.25) is 0 Å². The summed E-state index contributed by atoms with van der Waals surface area (Å²) in [5.41, 5.74) is 1.01. The van der Waals surface area contributed by atoms with Gasteiger partial charge in [-0.25, -0.2) is 0 Å². The summed E-state index contributed by atoms with van der Waals surface area (Å²) in [5.74, 6) is 0.0572. The first kappa shape index (κ1) is 16.5. The van der Waals surface area contributed by atoms with Gasteiger partial charge in [0.1, 0.15) is 6.10 Å². The molecule has 2 aliphatic rings. The van der Waals surface area contributed by atoms with Gasteiger partial charge in [-0.3, -0.25) is 4.79 Å². The van der Waals surface area contributed by atoms with Crippen molar-refractivity contribution in [3.8, 4) is 0 Å². The summed E-state index contributed by atoms with van der Waals surface area (Å²) in [5, 5.41) is 10.3. The van der Waals surface area contributed by atoms with E-state index < -0.39 is 6.10 Å². The van der Waals surface area contributed by atoms with Crippen LogP contribution in [0, 0.1) is 5.92 Å². The number of carbonyl (C=O) groups is 1. The largest absolute Gasteiger partial charge is 0.462 e. The molecule has 1 heterocycles. The van der Waals surface area contributed by atoms with Crippen molar-refractivity contribution in [1.29, 1.82) is 0 Å². The van der Waals surface area contributed by atoms with Gasteiger partial charge in [-0.05, 0) is 39.5 Å². The van der Waals surface area contributed by atoms with Gasteiger partial charge in [-0.1, -0.05) is 11.6 Å². The second-order valence-corrected chi connectivity index (χ2v) is 6.38. The number of epoxide rings is 1. The maximum atomic E-state index is 10.7. The SMILES string of the molecule is COC1C(OC=O)CC[C@]2(CO2)C1CC(O)CC=C(C)C. The predicted molar refractivity (Wildman–Crippen MR) is 77.8 cm³/mol. The molecule has 5 atom stereocenters. The van der Waals surface area contributed by atoms with Crippen LogP contribution >= 0.6 is 0 Å². The van der Waals surface area contributed by atoms with E-state index in [0.717, 1.165) is 12.8 Å². The van der Waals surface area contributed by atoms with Gasteiger partial charge >= 0.3 is 0 Å². The van der Waals surface area contributed by atoms with Crippen molar-refractivity contribution in [1.82, 2.24) is 0 Å². The third-order valence-corrected chi connectivity index (χ3v) is 4.63. The summed E-state index contributed by atoms with van der Waals surface area (Å²) in [4.78, 5) is 10.7. The number of hydrogen-bond donors (Lipinski definition) is 1. The number of methoxy groups -OCH3 is 1. The van der Waals surface area contributed by atoms with Crippen LogP contribution in [0.1, 0.15) is 39.5 Å². The molecular formula is C16H26O5. The van der Waals surface area contributed by atoms with Crippen LogP contribution in [0.4, 0.5) is 0 Å². The molecule has 0 radical (unpaired) electrons. The molecule has 1 aliphatic carbocycles. The van der Waals surface area contributed by atoms with E-state index in [1.807, 2.05) is 19.9 Å². The van der Waals surface area contributed by atoms with Crippen LogP contribution in [0.25, 0.3) is 0 Å². The van der Waals surface area contributed by atoms with Gasteiger partial charge in [0.25, 0.3) is 6.47 Å². The van der Waals surface area contributed by atoms with Crippen LogP contribution in [-0.4, -0.2) is 49.2 Å². The van der Waals surface area contributed by atoms with Gasteiger partial charge < -0.3 is 19.3 Å². The fourth-order valence-electron chi connectivity index (χ4n) is 3.39. The Kier molecular flexibility index (Phi) is 5.41. The topological polar surface area (TPSA) is 68.3 Å². The number of aliphatic hydroxyl groups excluding tert-OH is 1. The summed E-state index contributed by atoms with van der Waals surface area (Å²) in [6, 6.07) is 0. The van der Waals surface area contributed by atoms with Gasteiger partial charge in [0.15, 0.2) is 0 Å². The van der Waals surface area contributed by atoms with E-state index >= 15 is 0 Å². The Bertz CT molecular complexity index is 384. The molecule has 0 amide bonds. The fraction of sp³-hybridized carbons (Fsp3) is 0.812. The summed E-state index contributed by atoms with van der Waals surface area (Å²) in [6.45, 7) is 5.23. The maximum Gasteiger partial charge on any atom is 0.293 e. The van der Waals surface area contributed by atoms with E-state index in [0.29, 0.717) is 25.9 Å². The van der Waals surface area contributed by atoms with E-state index in [1.54, 1.807) is 7.11 Å². The molecule has 0 aromatic heterocycles. The third-order valence-electron chi connectivity index (χ3n) is 4.63. The molecule has 4 unspecified atom stereocenters. The Morgan fingerprint density at radius 2 is 2.24 bits per heavy atom. The van der Waals surface area contributed by atoms with Crippen LogP contribution in [0.15, 0.2) is 11.6 Å². The molecule has 2 fully saturated rings. The lowest BCUT2D eigenvalue weighted by atomic mass is 9.72. The molecule has 2 rings (SSSR count). The second kappa shape index (κ2) is 6.90. The normalized spacial score (nSPS) is 36.1. The van der Waals surface area contributed by atoms with Gasteiger partial charge in [0.2, 0.25) is 0 Å². The minimum Gasteiger partial charge on any atom is -0.462 e. The van der Waals surface area contributed by atoms with Gasteiger partial charge in [0.05, 0.1) is 24.4 Å². The minimum atomic E-state index is -0.432. The highest BCUT2D eigenvalue weighted by atomic mass is 16.6. The zero-order chi connectivity index (χ0) is 15.5. The molecule has 1 saturated carbocycles. The quantitative estimate of drug-likeness (QED) is 0.441. The van der Waals surface area contributed by atoms with E-state index in [9.17, 15) is 9.90 Å². The standard InChI is InChI=1S/C16H26O5/c1-11(2)4-5-12(18)8-13-15(19-3)14(20-10-17)6-7-16(13)9-21-16/h4,10,12-15,18H,5-9H2,1-3H3/t12?,13?,14?,15?,16-/m0/s1. The summed E-state index contributed by atoms with van der Waals surface area (Å²) in [6.07, 6.45) is 3.97. The molecule has 0 bridgehead atoms. The Morgan fingerprint density at radius 1 is 1.52 bits per heavy atom. The molecule has 21 heavy (non-hydrogen) atoms. The summed E-state index contributed by atoms with van der Waals surface area (Å²) in [7, 11) is 1.63. The van der Waals surface area contributed by atoms with Crippen molar-refractivity contribution >= 4 is 6.47 Å². The van der Waals surface area contributed by atoms with Crippen LogP contribution in [-0.2, 0) is 19.0 Å². The van der Waals surface area contributed by atoms with E-state index in [2.05, 4.69) is 0 Å². The monoisotopic (exact) mass is 298 g/mol. The Morgan fingerprint density at radius 3 is 2.76 bits per heavy atom. The number of aliphatic hydroxyl groups is 1. The van der Waals surface area contributed by atoms with Crippen LogP contribution < -0.4 is 0 Å². The van der Waals surface area contributed by atoms with Crippen molar-refractivity contribution in [2.24, 2.45) is 5.92 Å². The van der Waals surface area contributed by atoms with Crippen molar-refractivity contribution in [2.45, 2.75) is 63.4 Å². The average Bonchev–Trinajstić information content (AvgIpc) is 3.22. The Balaban J connectivity index is 2.04. The van der Waals surface area contributed by atoms with Gasteiger partial charge in [0, 0.05) is 13.0 Å². The first-order chi connectivity index (χ1) is 10.0. The maximum absolute atomic E-state index is 10.7. The van der Waals surface area contributed by atoms with E-state index in [1.165, 1.54) is 5.57 Å². The van der Waals surface area contributed by atoms with Crippen LogP contribution in [0.5, 0.6) is 0 Å². The lowest BCUT2D eigenvalue weighted by Gasteiger charge is -2.40. The molecule has 5 heteroatoms. The molecule has 1 saturated heterocycles. The molecule has 1 N–H and O–H groups in total. The van der Waals surface area contributed by atoms with Gasteiger partial charge in [-0.2, -0.15) is 0 Å². The minimum absolute atomic E-state index is 0.0572. The predicted octanol–water partition coefficient (Wildman–Crippen LogP) is 1.83. The number of hydrogen-bond acceptors (Lipinski definition) is 5. The molecular weight excluding hydrogens is 272 g/mol. The first-order valence-corrected chi connectivity index (χ1v) is 7.59.